The van der Waals surface area contributed by atoms with Crippen molar-refractivity contribution in [3.63, 3.8) is 0 Å². The van der Waals surface area contributed by atoms with E-state index in [1.54, 1.807) is 95.3 Å². The van der Waals surface area contributed by atoms with Gasteiger partial charge >= 0.3 is 5.97 Å². The van der Waals surface area contributed by atoms with Crippen LogP contribution in [0.3, 0.4) is 0 Å². The summed E-state index contributed by atoms with van der Waals surface area (Å²) < 4.78 is 5.19. The number of nitrogens with zero attached hydrogens (tertiary/aromatic N) is 1. The first-order chi connectivity index (χ1) is 41.3. The summed E-state index contributed by atoms with van der Waals surface area (Å²) in [6.45, 7) is 14.4. The first-order valence-electron chi connectivity index (χ1n) is 29.3. The van der Waals surface area contributed by atoms with Crippen molar-refractivity contribution >= 4 is 70.7 Å². The van der Waals surface area contributed by atoms with Crippen molar-refractivity contribution in [2.45, 2.75) is 144 Å². The molecule has 0 aliphatic rings. The molecule has 26 heteroatoms. The van der Waals surface area contributed by atoms with Gasteiger partial charge in [-0.2, -0.15) is 0 Å². The van der Waals surface area contributed by atoms with Crippen molar-refractivity contribution in [1.82, 2.24) is 53.2 Å². The third-order valence-electron chi connectivity index (χ3n) is 14.4. The molecule has 10 amide bonds. The monoisotopic (exact) mass is 1230 g/mol. The van der Waals surface area contributed by atoms with Crippen molar-refractivity contribution in [2.75, 3.05) is 39.8 Å². The maximum Gasteiger partial charge on any atom is 0.330 e. The molecule has 0 fully saturated rings. The highest BCUT2D eigenvalue weighted by Gasteiger charge is 2.48. The number of aliphatic hydroxyl groups is 1. The molecule has 0 aliphatic carbocycles. The number of rotatable bonds is 36. The van der Waals surface area contributed by atoms with Gasteiger partial charge in [0.05, 0.1) is 30.7 Å². The summed E-state index contributed by atoms with van der Waals surface area (Å²) in [5.41, 5.74) is -3.27. The average molecular weight is 1230 g/mol. The van der Waals surface area contributed by atoms with E-state index in [-0.39, 0.29) is 81.3 Å². The number of carbonyl (C=O) groups is 11. The Morgan fingerprint density at radius 1 is 0.523 bits per heavy atom. The number of non-ortho nitro benzene ring substituents is 1. The van der Waals surface area contributed by atoms with E-state index < -0.39 is 136 Å². The quantitative estimate of drug-likeness (QED) is 0.0172. The van der Waals surface area contributed by atoms with E-state index in [1.807, 2.05) is 27.7 Å². The van der Waals surface area contributed by atoms with Gasteiger partial charge in [-0.3, -0.25) is 58.1 Å². The molecule has 3 rings (SSSR count). The molecule has 11 N–H and O–H groups in total. The number of hydrogen-bond donors (Lipinski definition) is 11. The van der Waals surface area contributed by atoms with E-state index in [2.05, 4.69) is 53.2 Å². The first-order valence-corrected chi connectivity index (χ1v) is 29.3. The van der Waals surface area contributed by atoms with Crippen LogP contribution in [0.2, 0.25) is 0 Å². The number of nitro benzene ring substituents is 1. The summed E-state index contributed by atoms with van der Waals surface area (Å²) >= 11 is 0. The van der Waals surface area contributed by atoms with Crippen LogP contribution in [0.5, 0.6) is 5.75 Å². The smallest absolute Gasteiger partial charge is 0.330 e. The highest BCUT2D eigenvalue weighted by molar-refractivity contribution is 5.96. The number of esters is 1. The van der Waals surface area contributed by atoms with Gasteiger partial charge in [-0.25, -0.2) is 4.79 Å². The molecule has 482 valence electrons. The Morgan fingerprint density at radius 2 is 0.955 bits per heavy atom. The minimum absolute atomic E-state index is 0.00159. The van der Waals surface area contributed by atoms with E-state index in [0.717, 1.165) is 12.1 Å². The van der Waals surface area contributed by atoms with Crippen LogP contribution < -0.4 is 57.9 Å². The highest BCUT2D eigenvalue weighted by Crippen LogP contribution is 2.44. The topological polar surface area (TPSA) is 381 Å². The molecular formula is C62H89N11O15. The van der Waals surface area contributed by atoms with Gasteiger partial charge < -0.3 is 63.0 Å². The second kappa shape index (κ2) is 35.1. The minimum Gasteiger partial charge on any atom is -0.425 e. The Labute approximate surface area is 513 Å². The summed E-state index contributed by atoms with van der Waals surface area (Å²) in [5.74, 6) is -7.79. The predicted octanol–water partition coefficient (Wildman–Crippen LogP) is 1.95. The summed E-state index contributed by atoms with van der Waals surface area (Å²) in [7, 11) is 1.42. The van der Waals surface area contributed by atoms with E-state index in [0.29, 0.717) is 11.1 Å². The van der Waals surface area contributed by atoms with Crippen molar-refractivity contribution < 1.29 is 67.5 Å². The Balaban J connectivity index is 1.78. The van der Waals surface area contributed by atoms with Gasteiger partial charge in [-0.15, -0.1) is 0 Å². The fourth-order valence-corrected chi connectivity index (χ4v) is 9.76. The third-order valence-corrected chi connectivity index (χ3v) is 14.4. The van der Waals surface area contributed by atoms with Gasteiger partial charge in [0.15, 0.2) is 0 Å². The molecular weight excluding hydrogens is 1140 g/mol. The van der Waals surface area contributed by atoms with Gasteiger partial charge in [0.2, 0.25) is 59.1 Å². The summed E-state index contributed by atoms with van der Waals surface area (Å²) in [5, 5.41) is 47.3. The van der Waals surface area contributed by atoms with Gasteiger partial charge in [-0.1, -0.05) is 123 Å². The van der Waals surface area contributed by atoms with Gasteiger partial charge in [0.1, 0.15) is 36.5 Å². The maximum absolute atomic E-state index is 14.4. The normalized spacial score (nSPS) is 14.3. The zero-order valence-corrected chi connectivity index (χ0v) is 52.2. The lowest BCUT2D eigenvalue weighted by Crippen LogP contribution is -2.56. The van der Waals surface area contributed by atoms with Gasteiger partial charge in [0, 0.05) is 54.8 Å². The number of amides is 10. The van der Waals surface area contributed by atoms with Gasteiger partial charge in [-0.05, 0) is 74.1 Å². The van der Waals surface area contributed by atoms with Crippen LogP contribution in [0.1, 0.15) is 112 Å². The number of nitrogens with one attached hydrogen (secondary N) is 10. The molecule has 7 unspecified atom stereocenters. The van der Waals surface area contributed by atoms with Crippen molar-refractivity contribution in [3.05, 3.63) is 106 Å². The molecule has 0 aliphatic heterocycles. The molecule has 7 atom stereocenters. The number of carbonyl (C=O) groups excluding carboxylic acids is 11. The predicted molar refractivity (Wildman–Crippen MR) is 326 cm³/mol. The fraction of sp³-hybridized carbons (Fsp3) is 0.532. The molecule has 0 saturated carbocycles. The van der Waals surface area contributed by atoms with Crippen LogP contribution in [0.4, 0.5) is 5.69 Å². The molecule has 0 heterocycles. The summed E-state index contributed by atoms with van der Waals surface area (Å²) in [4.78, 5) is 160. The second-order valence-corrected chi connectivity index (χ2v) is 24.0. The van der Waals surface area contributed by atoms with Crippen molar-refractivity contribution in [2.24, 2.45) is 28.1 Å². The molecule has 0 saturated heterocycles. The minimum atomic E-state index is -1.54. The number of hydrogen-bond acceptors (Lipinski definition) is 15. The Morgan fingerprint density at radius 3 is 1.38 bits per heavy atom. The van der Waals surface area contributed by atoms with E-state index in [1.165, 1.54) is 26.1 Å². The zero-order chi connectivity index (χ0) is 65.9. The van der Waals surface area contributed by atoms with Crippen LogP contribution in [0.25, 0.3) is 0 Å². The molecule has 0 bridgehead atoms. The lowest BCUT2D eigenvalue weighted by molar-refractivity contribution is -0.384. The lowest BCUT2D eigenvalue weighted by Gasteiger charge is -2.41. The van der Waals surface area contributed by atoms with Crippen molar-refractivity contribution in [3.8, 4) is 5.75 Å². The number of aliphatic hydroxyl groups excluding tert-OH is 1. The summed E-state index contributed by atoms with van der Waals surface area (Å²) in [6.07, 6.45) is -0.956. The maximum atomic E-state index is 14.4. The van der Waals surface area contributed by atoms with Crippen LogP contribution in [-0.4, -0.2) is 145 Å². The zero-order valence-electron chi connectivity index (χ0n) is 52.2. The molecule has 3 aromatic rings. The second-order valence-electron chi connectivity index (χ2n) is 24.0. The molecule has 0 aromatic heterocycles. The molecule has 0 spiro atoms. The molecule has 88 heavy (non-hydrogen) atoms. The number of benzene rings is 3. The Hall–Kier alpha value is -8.81. The third kappa shape index (κ3) is 25.3. The fourth-order valence-electron chi connectivity index (χ4n) is 9.76. The first kappa shape index (κ1) is 73.4. The van der Waals surface area contributed by atoms with Crippen LogP contribution in [0, 0.1) is 38.2 Å². The standard InChI is InChI=1S/C62H89N11O15/c1-12-61(9,58(84)68-34-51(77)70-48(30-42-21-17-14-18-22-42)56(82)72-46(28-39(4)5)54(80)65-35-52(78)88-44-25-23-43(24-26-44)73(86)87)37-62(10,59(85)66-31-40(6)74)36-60(7,8)57(83)67-33-50(76)69-47(29-41-19-15-13-16-20-41)55(81)71-45(27-38(2)3)53(79)64-32-49(75)63-11/h13-26,38-40,45-48,74H,12,27-37H2,1-11H3,(H,63,75)(H,64,79)(H,65,80)(H,66,85)(H,67,83)(H,68,84)(H,69,76)(H,70,77)(H,71,81)(H,72,82). The van der Waals surface area contributed by atoms with Crippen LogP contribution >= 0.6 is 0 Å². The van der Waals surface area contributed by atoms with E-state index >= 15 is 0 Å². The molecule has 26 nitrogen and oxygen atoms in total. The van der Waals surface area contributed by atoms with E-state index in [4.69, 9.17) is 4.74 Å². The molecule has 0 radical (unpaired) electrons. The SMILES string of the molecule is CCC(C)(CC(C)(CC(C)(C)C(=O)NCC(=O)NC(Cc1ccccc1)C(=O)NC(CC(C)C)C(=O)NCC(=O)NC)C(=O)NCC(C)O)C(=O)NCC(=O)NC(Cc1ccccc1)C(=O)NC(CC(C)C)C(=O)NCC(=O)Oc1ccc([N+](=O)[O-])cc1. The van der Waals surface area contributed by atoms with Gasteiger partial charge in [0.25, 0.3) is 5.69 Å². The van der Waals surface area contributed by atoms with Crippen molar-refractivity contribution in [1.29, 1.82) is 0 Å². The van der Waals surface area contributed by atoms with Crippen LogP contribution in [0.15, 0.2) is 84.9 Å². The molecule has 3 aromatic carbocycles. The van der Waals surface area contributed by atoms with Crippen LogP contribution in [-0.2, 0) is 65.6 Å². The number of nitro groups is 1. The lowest BCUT2D eigenvalue weighted by atomic mass is 9.64. The number of ether oxygens (including phenoxy) is 1. The highest BCUT2D eigenvalue weighted by atomic mass is 16.6. The Kier molecular flexibility index (Phi) is 29.3. The summed E-state index contributed by atoms with van der Waals surface area (Å²) in [6, 6.07) is 17.5. The largest absolute Gasteiger partial charge is 0.425 e. The Bertz CT molecular complexity index is 2890. The van der Waals surface area contributed by atoms with E-state index in [9.17, 15) is 68.0 Å². The average Bonchev–Trinajstić information content (AvgIpc) is 2.38. The number of likely N-dealkylation sites (N-methyl/N-ethyl adjacent to an activating group) is 1.